The van der Waals surface area contributed by atoms with Crippen LogP contribution in [0.15, 0.2) is 106 Å². The summed E-state index contributed by atoms with van der Waals surface area (Å²) in [4.78, 5) is 14.4. The van der Waals surface area contributed by atoms with E-state index in [0.29, 0.717) is 18.7 Å². The number of hydrogen-bond acceptors (Lipinski definition) is 3. The van der Waals surface area contributed by atoms with Gasteiger partial charge in [0.25, 0.3) is 0 Å². The first kappa shape index (κ1) is 24.2. The van der Waals surface area contributed by atoms with Crippen molar-refractivity contribution in [2.45, 2.75) is 32.7 Å². The molecule has 0 radical (unpaired) electrons. The van der Waals surface area contributed by atoms with Gasteiger partial charge in [-0.3, -0.25) is 4.90 Å². The first-order chi connectivity index (χ1) is 18.6. The molecule has 1 aromatic heterocycles. The maximum Gasteiger partial charge on any atom is 0.340 e. The van der Waals surface area contributed by atoms with Crippen LogP contribution >= 0.6 is 0 Å². The van der Waals surface area contributed by atoms with Gasteiger partial charge in [-0.25, -0.2) is 4.79 Å². The molecular weight excluding hydrogens is 470 g/mol. The number of ether oxygens (including phenoxy) is 1. The van der Waals surface area contributed by atoms with E-state index in [2.05, 4.69) is 66.7 Å². The minimum Gasteiger partial charge on any atom is -0.444 e. The van der Waals surface area contributed by atoms with E-state index in [0.717, 1.165) is 46.5 Å². The molecule has 4 heteroatoms. The molecule has 0 saturated carbocycles. The van der Waals surface area contributed by atoms with E-state index < -0.39 is 0 Å². The summed E-state index contributed by atoms with van der Waals surface area (Å²) in [7, 11) is 0. The van der Waals surface area contributed by atoms with Crippen molar-refractivity contribution in [1.29, 1.82) is 0 Å². The average molecular weight is 503 g/mol. The van der Waals surface area contributed by atoms with Crippen LogP contribution in [0.25, 0.3) is 11.0 Å². The zero-order chi connectivity index (χ0) is 26.1. The summed E-state index contributed by atoms with van der Waals surface area (Å²) in [5.74, 6) is 1.13. The van der Waals surface area contributed by atoms with E-state index in [4.69, 9.17) is 9.15 Å². The molecule has 1 N–H and O–H groups in total. The van der Waals surface area contributed by atoms with Crippen LogP contribution < -0.4 is 15.3 Å². The Bertz CT molecular complexity index is 1590. The predicted molar refractivity (Wildman–Crippen MR) is 151 cm³/mol. The molecule has 0 saturated heterocycles. The molecule has 0 amide bonds. The summed E-state index contributed by atoms with van der Waals surface area (Å²) in [6, 6.07) is 33.7. The maximum atomic E-state index is 13.0. The zero-order valence-electron chi connectivity index (χ0n) is 21.9. The van der Waals surface area contributed by atoms with E-state index >= 15 is 0 Å². The minimum absolute atomic E-state index is 0.265. The van der Waals surface area contributed by atoms with Crippen molar-refractivity contribution in [3.63, 3.8) is 0 Å². The van der Waals surface area contributed by atoms with Crippen LogP contribution in [0, 0.1) is 13.8 Å². The Kier molecular flexibility index (Phi) is 6.57. The van der Waals surface area contributed by atoms with E-state index in [9.17, 15) is 4.79 Å². The Balaban J connectivity index is 1.35. The van der Waals surface area contributed by atoms with Gasteiger partial charge in [0.05, 0.1) is 12.5 Å². The van der Waals surface area contributed by atoms with Gasteiger partial charge in [-0.05, 0) is 42.2 Å². The van der Waals surface area contributed by atoms with E-state index in [-0.39, 0.29) is 11.5 Å². The van der Waals surface area contributed by atoms with Crippen molar-refractivity contribution in [1.82, 2.24) is 0 Å². The van der Waals surface area contributed by atoms with Crippen molar-refractivity contribution in [2.24, 2.45) is 0 Å². The van der Waals surface area contributed by atoms with Crippen LogP contribution in [0.1, 0.15) is 44.9 Å². The quantitative estimate of drug-likeness (QED) is 0.309. The van der Waals surface area contributed by atoms with Crippen molar-refractivity contribution < 1.29 is 14.1 Å². The first-order valence-corrected chi connectivity index (χ1v) is 13.3. The van der Waals surface area contributed by atoms with Gasteiger partial charge in [0, 0.05) is 28.5 Å². The van der Waals surface area contributed by atoms with Crippen molar-refractivity contribution >= 4 is 11.0 Å². The first-order valence-electron chi connectivity index (χ1n) is 13.3. The number of hydrogen-bond donors (Lipinski definition) is 1. The third kappa shape index (κ3) is 4.64. The largest absolute Gasteiger partial charge is 0.444 e. The van der Waals surface area contributed by atoms with Gasteiger partial charge in [-0.2, -0.15) is 0 Å². The van der Waals surface area contributed by atoms with Gasteiger partial charge in [-0.1, -0.05) is 91.0 Å². The topological polar surface area (TPSA) is 43.9 Å². The predicted octanol–water partition coefficient (Wildman–Crippen LogP) is 5.57. The standard InChI is InChI=1S/C34H31NO3/c1-23-29-19-28-20-35(21-31(26-14-8-4-9-15-26)27-16-10-5-11-17-27)22-37-32(28)24(2)33(29)38-34(36)30(23)18-25-12-6-3-7-13-25/h3-17,19,31H,18,20-22H2,1-2H3/p+1. The lowest BCUT2D eigenvalue weighted by atomic mass is 9.90. The molecule has 4 nitrogen and oxygen atoms in total. The third-order valence-corrected chi connectivity index (χ3v) is 7.82. The average Bonchev–Trinajstić information content (AvgIpc) is 2.96. The van der Waals surface area contributed by atoms with Gasteiger partial charge in [0.1, 0.15) is 17.9 Å². The zero-order valence-corrected chi connectivity index (χ0v) is 21.9. The van der Waals surface area contributed by atoms with Crippen molar-refractivity contribution in [3.05, 3.63) is 146 Å². The molecule has 0 fully saturated rings. The Hall–Kier alpha value is -4.15. The number of benzene rings is 4. The normalized spacial score (nSPS) is 14.9. The second kappa shape index (κ2) is 10.3. The maximum absolute atomic E-state index is 13.0. The highest BCUT2D eigenvalue weighted by Crippen LogP contribution is 2.34. The van der Waals surface area contributed by atoms with Gasteiger partial charge >= 0.3 is 5.63 Å². The van der Waals surface area contributed by atoms with Gasteiger partial charge in [-0.15, -0.1) is 0 Å². The summed E-state index contributed by atoms with van der Waals surface area (Å²) in [6.45, 7) is 6.40. The minimum atomic E-state index is -0.265. The molecule has 190 valence electrons. The van der Waals surface area contributed by atoms with Crippen LogP contribution in [0.4, 0.5) is 0 Å². The molecular formula is C34H32NO3+. The van der Waals surface area contributed by atoms with Gasteiger partial charge in [0.2, 0.25) is 6.73 Å². The smallest absolute Gasteiger partial charge is 0.340 e. The second-order valence-corrected chi connectivity index (χ2v) is 10.3. The summed E-state index contributed by atoms with van der Waals surface area (Å²) in [5.41, 5.74) is 7.89. The second-order valence-electron chi connectivity index (χ2n) is 10.3. The molecule has 38 heavy (non-hydrogen) atoms. The Labute approximate surface area is 223 Å². The molecule has 1 unspecified atom stereocenters. The molecule has 0 aliphatic carbocycles. The fourth-order valence-corrected chi connectivity index (χ4v) is 5.78. The van der Waals surface area contributed by atoms with Crippen molar-refractivity contribution in [3.8, 4) is 5.75 Å². The summed E-state index contributed by atoms with van der Waals surface area (Å²) in [6.07, 6.45) is 0.560. The molecule has 6 rings (SSSR count). The molecule has 1 atom stereocenters. The molecule has 4 aromatic carbocycles. The lowest BCUT2D eigenvalue weighted by Gasteiger charge is -2.30. The summed E-state index contributed by atoms with van der Waals surface area (Å²) in [5, 5.41) is 0.999. The number of quaternary nitrogens is 1. The third-order valence-electron chi connectivity index (χ3n) is 7.82. The van der Waals surface area contributed by atoms with Gasteiger partial charge < -0.3 is 9.15 Å². The molecule has 2 heterocycles. The monoisotopic (exact) mass is 502 g/mol. The summed E-state index contributed by atoms with van der Waals surface area (Å²) < 4.78 is 12.3. The Morgan fingerprint density at radius 2 is 1.42 bits per heavy atom. The van der Waals surface area contributed by atoms with Crippen LogP contribution in [0.2, 0.25) is 0 Å². The molecule has 0 spiro atoms. The Morgan fingerprint density at radius 3 is 2.05 bits per heavy atom. The highest BCUT2D eigenvalue weighted by atomic mass is 16.5. The fraction of sp³-hybridized carbons (Fsp3) is 0.206. The highest BCUT2D eigenvalue weighted by Gasteiger charge is 2.29. The molecule has 0 bridgehead atoms. The lowest BCUT2D eigenvalue weighted by Crippen LogP contribution is -3.12. The lowest BCUT2D eigenvalue weighted by molar-refractivity contribution is -0.933. The van der Waals surface area contributed by atoms with Gasteiger partial charge in [0.15, 0.2) is 0 Å². The SMILES string of the molecule is Cc1c(Cc2ccccc2)c(=O)oc2c(C)c3c(cc12)C[NH+](CC(c1ccccc1)c1ccccc1)CO3. The number of aryl methyl sites for hydroxylation is 2. The highest BCUT2D eigenvalue weighted by molar-refractivity contribution is 5.87. The molecule has 1 aliphatic rings. The van der Waals surface area contributed by atoms with E-state index in [1.165, 1.54) is 21.6 Å². The van der Waals surface area contributed by atoms with E-state index in [1.54, 1.807) is 0 Å². The Morgan fingerprint density at radius 1 is 0.816 bits per heavy atom. The van der Waals surface area contributed by atoms with Crippen LogP contribution in [-0.4, -0.2) is 13.3 Å². The summed E-state index contributed by atoms with van der Waals surface area (Å²) >= 11 is 0. The number of rotatable bonds is 6. The number of nitrogens with one attached hydrogen (secondary N) is 1. The number of fused-ring (bicyclic) bond motifs is 2. The molecule has 1 aliphatic heterocycles. The molecule has 5 aromatic rings. The van der Waals surface area contributed by atoms with E-state index in [1.807, 2.05) is 44.2 Å². The van der Waals surface area contributed by atoms with Crippen LogP contribution in [-0.2, 0) is 13.0 Å². The van der Waals surface area contributed by atoms with Crippen molar-refractivity contribution in [2.75, 3.05) is 13.3 Å². The fourth-order valence-electron chi connectivity index (χ4n) is 5.78. The van der Waals surface area contributed by atoms with Crippen LogP contribution in [0.5, 0.6) is 5.75 Å². The van der Waals surface area contributed by atoms with Crippen LogP contribution in [0.3, 0.4) is 0 Å².